The van der Waals surface area contributed by atoms with Crippen molar-refractivity contribution in [2.24, 2.45) is 5.92 Å². The quantitative estimate of drug-likeness (QED) is 0.560. The molecule has 1 saturated heterocycles. The molecule has 0 radical (unpaired) electrons. The lowest BCUT2D eigenvalue weighted by Crippen LogP contribution is -2.34. The second-order valence-corrected chi connectivity index (χ2v) is 5.11. The van der Waals surface area contributed by atoms with Gasteiger partial charge in [-0.15, -0.1) is 0 Å². The maximum Gasteiger partial charge on any atom is -0.00161 e. The van der Waals surface area contributed by atoms with E-state index in [0.29, 0.717) is 0 Å². The summed E-state index contributed by atoms with van der Waals surface area (Å²) in [6.07, 6.45) is 11.4. The van der Waals surface area contributed by atoms with E-state index in [0.717, 1.165) is 5.92 Å². The summed E-state index contributed by atoms with van der Waals surface area (Å²) in [5.74, 6) is 1.03. The highest BCUT2D eigenvalue weighted by Crippen LogP contribution is 2.20. The molecule has 17 heavy (non-hydrogen) atoms. The predicted molar refractivity (Wildman–Crippen MR) is 79.6 cm³/mol. The van der Waals surface area contributed by atoms with Crippen LogP contribution in [-0.4, -0.2) is 24.5 Å². The monoisotopic (exact) mass is 241 g/mol. The Bertz CT molecular complexity index is 136. The van der Waals surface area contributed by atoms with E-state index >= 15 is 0 Å². The third-order valence-corrected chi connectivity index (χ3v) is 3.86. The van der Waals surface area contributed by atoms with Crippen LogP contribution in [-0.2, 0) is 0 Å². The first-order valence-corrected chi connectivity index (χ1v) is 8.09. The van der Waals surface area contributed by atoms with Gasteiger partial charge in [0.2, 0.25) is 0 Å². The molecule has 1 rings (SSSR count). The van der Waals surface area contributed by atoms with Crippen molar-refractivity contribution < 1.29 is 0 Å². The first kappa shape index (κ1) is 17.0. The van der Waals surface area contributed by atoms with Crippen LogP contribution in [0.4, 0.5) is 0 Å². The highest BCUT2D eigenvalue weighted by Gasteiger charge is 2.16. The van der Waals surface area contributed by atoms with Gasteiger partial charge in [-0.25, -0.2) is 0 Å². The molecular weight excluding hydrogens is 206 g/mol. The second kappa shape index (κ2) is 12.4. The molecule has 1 aliphatic rings. The zero-order chi connectivity index (χ0) is 12.9. The molecule has 1 aliphatic heterocycles. The number of hydrogen-bond donors (Lipinski definition) is 0. The highest BCUT2D eigenvalue weighted by atomic mass is 15.1. The van der Waals surface area contributed by atoms with Crippen LogP contribution >= 0.6 is 0 Å². The number of unbranched alkanes of at least 4 members (excludes halogenated alkanes) is 4. The van der Waals surface area contributed by atoms with E-state index in [4.69, 9.17) is 0 Å². The van der Waals surface area contributed by atoms with Crippen molar-refractivity contribution in [3.05, 3.63) is 0 Å². The Labute approximate surface area is 110 Å². The smallest absolute Gasteiger partial charge is 0.00161 e. The Balaban J connectivity index is 0.00000121. The molecule has 0 unspecified atom stereocenters. The number of piperidine rings is 1. The molecule has 1 heterocycles. The molecule has 0 amide bonds. The van der Waals surface area contributed by atoms with Crippen molar-refractivity contribution >= 4 is 0 Å². The van der Waals surface area contributed by atoms with Crippen molar-refractivity contribution in [3.8, 4) is 0 Å². The van der Waals surface area contributed by atoms with E-state index in [2.05, 4.69) is 18.7 Å². The van der Waals surface area contributed by atoms with Gasteiger partial charge in [0.05, 0.1) is 0 Å². The first-order valence-electron chi connectivity index (χ1n) is 8.09. The highest BCUT2D eigenvalue weighted by molar-refractivity contribution is 4.71. The van der Waals surface area contributed by atoms with Crippen LogP contribution in [0.5, 0.6) is 0 Å². The van der Waals surface area contributed by atoms with Crippen molar-refractivity contribution in [3.63, 3.8) is 0 Å². The van der Waals surface area contributed by atoms with Crippen molar-refractivity contribution in [2.75, 3.05) is 19.6 Å². The lowest BCUT2D eigenvalue weighted by atomic mass is 9.94. The topological polar surface area (TPSA) is 3.24 Å². The lowest BCUT2D eigenvalue weighted by Gasteiger charge is -2.31. The lowest BCUT2D eigenvalue weighted by molar-refractivity contribution is 0.179. The molecule has 0 aromatic rings. The summed E-state index contributed by atoms with van der Waals surface area (Å²) in [7, 11) is 0. The normalized spacial score (nSPS) is 17.6. The standard InChI is InChI=1S/C14H29N.C2H6/c1-3-5-6-7-8-11-15-12-9-14(4-2)10-13-15;1-2/h14H,3-13H2,1-2H3;1-2H3. The van der Waals surface area contributed by atoms with E-state index in [9.17, 15) is 0 Å². The summed E-state index contributed by atoms with van der Waals surface area (Å²) in [5, 5.41) is 0. The minimum absolute atomic E-state index is 1.03. The molecule has 0 N–H and O–H groups in total. The Morgan fingerprint density at radius 3 is 2.00 bits per heavy atom. The van der Waals surface area contributed by atoms with E-state index in [-0.39, 0.29) is 0 Å². The van der Waals surface area contributed by atoms with Gasteiger partial charge in [-0.1, -0.05) is 59.8 Å². The minimum atomic E-state index is 1.03. The van der Waals surface area contributed by atoms with Gasteiger partial charge in [-0.2, -0.15) is 0 Å². The van der Waals surface area contributed by atoms with Crippen molar-refractivity contribution in [2.45, 2.75) is 79.1 Å². The van der Waals surface area contributed by atoms with Crippen molar-refractivity contribution in [1.29, 1.82) is 0 Å². The van der Waals surface area contributed by atoms with Gasteiger partial charge in [0, 0.05) is 0 Å². The van der Waals surface area contributed by atoms with E-state index in [1.165, 1.54) is 71.0 Å². The average Bonchev–Trinajstić information content (AvgIpc) is 2.41. The molecule has 0 spiro atoms. The fourth-order valence-electron chi connectivity index (χ4n) is 2.56. The van der Waals surface area contributed by atoms with Gasteiger partial charge in [-0.05, 0) is 44.8 Å². The minimum Gasteiger partial charge on any atom is -0.303 e. The number of hydrogen-bond acceptors (Lipinski definition) is 1. The summed E-state index contributed by atoms with van der Waals surface area (Å²) in [4.78, 5) is 2.68. The number of nitrogens with zero attached hydrogens (tertiary/aromatic N) is 1. The Hall–Kier alpha value is -0.0400. The molecule has 1 fully saturated rings. The Morgan fingerprint density at radius 2 is 1.47 bits per heavy atom. The summed E-state index contributed by atoms with van der Waals surface area (Å²) < 4.78 is 0. The third kappa shape index (κ3) is 8.65. The van der Waals surface area contributed by atoms with Crippen molar-refractivity contribution in [1.82, 2.24) is 4.90 Å². The summed E-state index contributed by atoms with van der Waals surface area (Å²) in [5.41, 5.74) is 0. The zero-order valence-corrected chi connectivity index (χ0v) is 12.8. The van der Waals surface area contributed by atoms with Gasteiger partial charge in [0.1, 0.15) is 0 Å². The number of rotatable bonds is 7. The van der Waals surface area contributed by atoms with E-state index < -0.39 is 0 Å². The van der Waals surface area contributed by atoms with Gasteiger partial charge in [0.15, 0.2) is 0 Å². The molecule has 0 saturated carbocycles. The summed E-state index contributed by atoms with van der Waals surface area (Å²) in [6.45, 7) is 12.7. The molecule has 1 nitrogen and oxygen atoms in total. The number of likely N-dealkylation sites (tertiary alicyclic amines) is 1. The average molecular weight is 241 g/mol. The van der Waals surface area contributed by atoms with Gasteiger partial charge < -0.3 is 4.90 Å². The predicted octanol–water partition coefficient (Wildman–Crippen LogP) is 5.11. The van der Waals surface area contributed by atoms with Crippen LogP contribution < -0.4 is 0 Å². The summed E-state index contributed by atoms with van der Waals surface area (Å²) >= 11 is 0. The second-order valence-electron chi connectivity index (χ2n) is 5.11. The van der Waals surface area contributed by atoms with Crippen LogP contribution in [0, 0.1) is 5.92 Å². The molecule has 0 bridgehead atoms. The molecule has 0 atom stereocenters. The fourth-order valence-corrected chi connectivity index (χ4v) is 2.56. The molecular formula is C16H35N. The third-order valence-electron chi connectivity index (χ3n) is 3.86. The van der Waals surface area contributed by atoms with Crippen LogP contribution in [0.1, 0.15) is 79.1 Å². The Kier molecular flexibility index (Phi) is 12.4. The van der Waals surface area contributed by atoms with Gasteiger partial charge in [-0.3, -0.25) is 0 Å². The van der Waals surface area contributed by atoms with Crippen LogP contribution in [0.15, 0.2) is 0 Å². The SMILES string of the molecule is CC.CCCCCCCN1CCC(CC)CC1. The maximum atomic E-state index is 2.68. The molecule has 0 aromatic carbocycles. The first-order chi connectivity index (χ1) is 8.36. The largest absolute Gasteiger partial charge is 0.303 e. The molecule has 0 aromatic heterocycles. The Morgan fingerprint density at radius 1 is 0.882 bits per heavy atom. The van der Waals surface area contributed by atoms with Crippen LogP contribution in [0.3, 0.4) is 0 Å². The molecule has 0 aliphatic carbocycles. The van der Waals surface area contributed by atoms with Crippen LogP contribution in [0.25, 0.3) is 0 Å². The maximum absolute atomic E-state index is 2.68. The van der Waals surface area contributed by atoms with Gasteiger partial charge >= 0.3 is 0 Å². The summed E-state index contributed by atoms with van der Waals surface area (Å²) in [6, 6.07) is 0. The zero-order valence-electron chi connectivity index (χ0n) is 12.8. The molecule has 104 valence electrons. The van der Waals surface area contributed by atoms with E-state index in [1.807, 2.05) is 13.8 Å². The fraction of sp³-hybridized carbons (Fsp3) is 1.00. The van der Waals surface area contributed by atoms with Crippen LogP contribution in [0.2, 0.25) is 0 Å². The van der Waals surface area contributed by atoms with E-state index in [1.54, 1.807) is 0 Å². The van der Waals surface area contributed by atoms with Gasteiger partial charge in [0.25, 0.3) is 0 Å². The molecule has 1 heteroatoms.